The zero-order chi connectivity index (χ0) is 12.1. The van der Waals surface area contributed by atoms with Crippen molar-refractivity contribution in [2.75, 3.05) is 26.2 Å². The summed E-state index contributed by atoms with van der Waals surface area (Å²) in [5.41, 5.74) is 1.13. The van der Waals surface area contributed by atoms with Crippen LogP contribution in [0.1, 0.15) is 12.5 Å². The normalized spacial score (nSPS) is 17.8. The maximum atomic E-state index is 12.2. The van der Waals surface area contributed by atoms with Crippen LogP contribution in [0, 0.1) is 5.92 Å². The van der Waals surface area contributed by atoms with Gasteiger partial charge in [0.05, 0.1) is 0 Å². The van der Waals surface area contributed by atoms with Crippen LogP contribution in [-0.4, -0.2) is 42.0 Å². The molecule has 1 amide bonds. The van der Waals surface area contributed by atoms with Gasteiger partial charge in [0.2, 0.25) is 5.91 Å². The van der Waals surface area contributed by atoms with Crippen LogP contribution in [-0.2, 0) is 11.2 Å². The average molecular weight is 233 g/mol. The number of amides is 1. The van der Waals surface area contributed by atoms with Gasteiger partial charge in [-0.1, -0.05) is 13.0 Å². The zero-order valence-electron chi connectivity index (χ0n) is 10.2. The summed E-state index contributed by atoms with van der Waals surface area (Å²) in [6, 6.07) is 3.94. The van der Waals surface area contributed by atoms with E-state index in [1.165, 1.54) is 0 Å². The third kappa shape index (κ3) is 3.27. The summed E-state index contributed by atoms with van der Waals surface area (Å²) in [6.07, 6.45) is 4.37. The van der Waals surface area contributed by atoms with Gasteiger partial charge in [-0.15, -0.1) is 0 Å². The quantitative estimate of drug-likeness (QED) is 0.835. The first-order valence-electron chi connectivity index (χ1n) is 6.16. The number of carbonyl (C=O) groups excluding carboxylic acids is 1. The van der Waals surface area contributed by atoms with Crippen molar-refractivity contribution in [2.45, 2.75) is 13.3 Å². The lowest BCUT2D eigenvalue weighted by Crippen LogP contribution is -2.48. The number of carbonyl (C=O) groups is 1. The molecule has 1 aliphatic heterocycles. The number of aromatic nitrogens is 1. The molecule has 92 valence electrons. The van der Waals surface area contributed by atoms with Gasteiger partial charge in [-0.3, -0.25) is 9.78 Å². The van der Waals surface area contributed by atoms with E-state index in [1.807, 2.05) is 30.2 Å². The van der Waals surface area contributed by atoms with E-state index in [9.17, 15) is 4.79 Å². The first-order valence-corrected chi connectivity index (χ1v) is 6.16. The van der Waals surface area contributed by atoms with E-state index in [0.717, 1.165) is 38.2 Å². The van der Waals surface area contributed by atoms with E-state index >= 15 is 0 Å². The number of pyridine rings is 1. The Kier molecular flexibility index (Phi) is 4.09. The first-order chi connectivity index (χ1) is 8.27. The second-order valence-corrected chi connectivity index (χ2v) is 4.54. The Morgan fingerprint density at radius 2 is 2.29 bits per heavy atom. The van der Waals surface area contributed by atoms with Crippen LogP contribution in [0.3, 0.4) is 0 Å². The summed E-state index contributed by atoms with van der Waals surface area (Å²) in [5, 5.41) is 3.25. The van der Waals surface area contributed by atoms with Crippen molar-refractivity contribution in [3.63, 3.8) is 0 Å². The number of hydrogen-bond donors (Lipinski definition) is 1. The molecule has 1 fully saturated rings. The maximum absolute atomic E-state index is 12.2. The number of nitrogens with zero attached hydrogens (tertiary/aromatic N) is 2. The van der Waals surface area contributed by atoms with Gasteiger partial charge in [-0.2, -0.15) is 0 Å². The number of hydrogen-bond acceptors (Lipinski definition) is 3. The second-order valence-electron chi connectivity index (χ2n) is 4.54. The monoisotopic (exact) mass is 233 g/mol. The van der Waals surface area contributed by atoms with Crippen LogP contribution in [0.25, 0.3) is 0 Å². The Bertz CT molecular complexity index is 360. The summed E-state index contributed by atoms with van der Waals surface area (Å²) in [4.78, 5) is 18.2. The van der Waals surface area contributed by atoms with Gasteiger partial charge in [0, 0.05) is 44.5 Å². The molecule has 1 aliphatic rings. The standard InChI is InChI=1S/C13H19N3O/c1-11(9-12-3-2-4-15-10-12)13(17)16-7-5-14-6-8-16/h2-4,10-11,14H,5-9H2,1H3. The number of rotatable bonds is 3. The molecular formula is C13H19N3O. The van der Waals surface area contributed by atoms with Crippen LogP contribution in [0.15, 0.2) is 24.5 Å². The lowest BCUT2D eigenvalue weighted by Gasteiger charge is -2.29. The van der Waals surface area contributed by atoms with Gasteiger partial charge < -0.3 is 10.2 Å². The van der Waals surface area contributed by atoms with E-state index in [-0.39, 0.29) is 11.8 Å². The van der Waals surface area contributed by atoms with Gasteiger partial charge in [-0.05, 0) is 18.1 Å². The van der Waals surface area contributed by atoms with Gasteiger partial charge in [0.1, 0.15) is 0 Å². The van der Waals surface area contributed by atoms with Crippen LogP contribution in [0.2, 0.25) is 0 Å². The van der Waals surface area contributed by atoms with Crippen molar-refractivity contribution in [1.29, 1.82) is 0 Å². The highest BCUT2D eigenvalue weighted by molar-refractivity contribution is 5.78. The Morgan fingerprint density at radius 3 is 2.94 bits per heavy atom. The van der Waals surface area contributed by atoms with Crippen LogP contribution < -0.4 is 5.32 Å². The molecule has 4 nitrogen and oxygen atoms in total. The van der Waals surface area contributed by atoms with E-state index < -0.39 is 0 Å². The van der Waals surface area contributed by atoms with Gasteiger partial charge in [0.25, 0.3) is 0 Å². The molecule has 2 rings (SSSR count). The molecule has 0 saturated carbocycles. The molecule has 0 aromatic carbocycles. The van der Waals surface area contributed by atoms with Gasteiger partial charge >= 0.3 is 0 Å². The molecule has 2 heterocycles. The third-order valence-electron chi connectivity index (χ3n) is 3.11. The minimum Gasteiger partial charge on any atom is -0.340 e. The Hall–Kier alpha value is -1.42. The summed E-state index contributed by atoms with van der Waals surface area (Å²) in [6.45, 7) is 5.47. The Balaban J connectivity index is 1.90. The van der Waals surface area contributed by atoms with E-state index in [1.54, 1.807) is 6.20 Å². The molecule has 0 spiro atoms. The number of nitrogens with one attached hydrogen (secondary N) is 1. The summed E-state index contributed by atoms with van der Waals surface area (Å²) < 4.78 is 0. The molecule has 1 aromatic heterocycles. The van der Waals surface area contributed by atoms with Crippen LogP contribution in [0.4, 0.5) is 0 Å². The van der Waals surface area contributed by atoms with Crippen molar-refractivity contribution < 1.29 is 4.79 Å². The van der Waals surface area contributed by atoms with Crippen molar-refractivity contribution >= 4 is 5.91 Å². The molecule has 17 heavy (non-hydrogen) atoms. The van der Waals surface area contributed by atoms with E-state index in [2.05, 4.69) is 10.3 Å². The lowest BCUT2D eigenvalue weighted by molar-refractivity contribution is -0.135. The molecule has 4 heteroatoms. The smallest absolute Gasteiger partial charge is 0.225 e. The minimum absolute atomic E-state index is 0.0392. The largest absolute Gasteiger partial charge is 0.340 e. The van der Waals surface area contributed by atoms with Gasteiger partial charge in [-0.25, -0.2) is 0 Å². The molecule has 1 N–H and O–H groups in total. The van der Waals surface area contributed by atoms with Crippen molar-refractivity contribution in [3.8, 4) is 0 Å². The highest BCUT2D eigenvalue weighted by atomic mass is 16.2. The molecule has 1 aromatic rings. The lowest BCUT2D eigenvalue weighted by atomic mass is 10.0. The predicted octanol–water partition coefficient (Wildman–Crippen LogP) is 0.692. The average Bonchev–Trinajstić information content (AvgIpc) is 2.40. The topological polar surface area (TPSA) is 45.2 Å². The van der Waals surface area contributed by atoms with E-state index in [4.69, 9.17) is 0 Å². The molecule has 0 aliphatic carbocycles. The van der Waals surface area contributed by atoms with E-state index in [0.29, 0.717) is 0 Å². The molecule has 1 unspecified atom stereocenters. The fourth-order valence-electron chi connectivity index (χ4n) is 2.16. The summed E-state index contributed by atoms with van der Waals surface area (Å²) >= 11 is 0. The molecule has 0 bridgehead atoms. The Labute approximate surface area is 102 Å². The van der Waals surface area contributed by atoms with Gasteiger partial charge in [0.15, 0.2) is 0 Å². The number of piperazine rings is 1. The van der Waals surface area contributed by atoms with Crippen LogP contribution >= 0.6 is 0 Å². The fourth-order valence-corrected chi connectivity index (χ4v) is 2.16. The Morgan fingerprint density at radius 1 is 1.53 bits per heavy atom. The zero-order valence-corrected chi connectivity index (χ0v) is 10.2. The second kappa shape index (κ2) is 5.77. The molecule has 1 saturated heterocycles. The first kappa shape index (κ1) is 12.0. The van der Waals surface area contributed by atoms with Crippen molar-refractivity contribution in [3.05, 3.63) is 30.1 Å². The summed E-state index contributed by atoms with van der Waals surface area (Å²) in [5.74, 6) is 0.299. The van der Waals surface area contributed by atoms with Crippen molar-refractivity contribution in [2.24, 2.45) is 5.92 Å². The predicted molar refractivity (Wildman–Crippen MR) is 66.6 cm³/mol. The van der Waals surface area contributed by atoms with Crippen molar-refractivity contribution in [1.82, 2.24) is 15.2 Å². The van der Waals surface area contributed by atoms with Crippen LogP contribution in [0.5, 0.6) is 0 Å². The SMILES string of the molecule is CC(Cc1cccnc1)C(=O)N1CCNCC1. The summed E-state index contributed by atoms with van der Waals surface area (Å²) in [7, 11) is 0. The molecule has 0 radical (unpaired) electrons. The molecule has 1 atom stereocenters. The minimum atomic E-state index is 0.0392. The maximum Gasteiger partial charge on any atom is 0.225 e. The molecular weight excluding hydrogens is 214 g/mol. The third-order valence-corrected chi connectivity index (χ3v) is 3.11. The fraction of sp³-hybridized carbons (Fsp3) is 0.538. The highest BCUT2D eigenvalue weighted by Crippen LogP contribution is 2.11. The highest BCUT2D eigenvalue weighted by Gasteiger charge is 2.21.